The molecule has 0 heterocycles. The molecule has 61 valence electrons. The lowest BCUT2D eigenvalue weighted by atomic mass is 10.3. The highest BCUT2D eigenvalue weighted by Gasteiger charge is 1.87. The van der Waals surface area contributed by atoms with Crippen LogP contribution in [0.4, 0.5) is 0 Å². The van der Waals surface area contributed by atoms with E-state index in [-0.39, 0.29) is 0 Å². The average molecular weight is 159 g/mol. The summed E-state index contributed by atoms with van der Waals surface area (Å²) in [4.78, 5) is 0. The molecule has 1 radical (unpaired) electrons. The predicted octanol–water partition coefficient (Wildman–Crippen LogP) is 3.52. The SMILES string of the molecule is [CH2]CCCSCCCCC. The third-order valence-electron chi connectivity index (χ3n) is 1.43. The molecule has 0 unspecified atom stereocenters. The average Bonchev–Trinajstić information content (AvgIpc) is 1.97. The highest BCUT2D eigenvalue weighted by molar-refractivity contribution is 7.99. The summed E-state index contributed by atoms with van der Waals surface area (Å²) in [6.07, 6.45) is 6.53. The second-order valence-corrected chi connectivity index (χ2v) is 3.75. The summed E-state index contributed by atoms with van der Waals surface area (Å²) in [5.41, 5.74) is 0. The van der Waals surface area contributed by atoms with Crippen molar-refractivity contribution in [2.24, 2.45) is 0 Å². The van der Waals surface area contributed by atoms with Crippen molar-refractivity contribution in [1.29, 1.82) is 0 Å². The van der Waals surface area contributed by atoms with Crippen LogP contribution in [0.2, 0.25) is 0 Å². The van der Waals surface area contributed by atoms with Crippen molar-refractivity contribution >= 4 is 11.8 Å². The smallest absolute Gasteiger partial charge is 0.00675 e. The van der Waals surface area contributed by atoms with E-state index in [4.69, 9.17) is 0 Å². The molecule has 0 atom stereocenters. The Morgan fingerprint density at radius 2 is 1.80 bits per heavy atom. The van der Waals surface area contributed by atoms with Crippen LogP contribution in [0.25, 0.3) is 0 Å². The van der Waals surface area contributed by atoms with Crippen molar-refractivity contribution in [2.45, 2.75) is 39.0 Å². The Morgan fingerprint density at radius 1 is 1.10 bits per heavy atom. The molecule has 0 aromatic rings. The molecule has 0 aromatic heterocycles. The van der Waals surface area contributed by atoms with Gasteiger partial charge in [-0.2, -0.15) is 11.8 Å². The minimum absolute atomic E-state index is 1.10. The number of hydrogen-bond donors (Lipinski definition) is 0. The summed E-state index contributed by atoms with van der Waals surface area (Å²) < 4.78 is 0. The Balaban J connectivity index is 2.65. The zero-order chi connectivity index (χ0) is 7.66. The second-order valence-electron chi connectivity index (χ2n) is 2.53. The summed E-state index contributed by atoms with van der Waals surface area (Å²) >= 11 is 2.08. The first-order chi connectivity index (χ1) is 4.91. The zero-order valence-corrected chi connectivity index (χ0v) is 7.88. The molecule has 0 saturated carbocycles. The molecule has 0 aromatic carbocycles. The van der Waals surface area contributed by atoms with Crippen LogP contribution in [-0.2, 0) is 0 Å². The molecular weight excluding hydrogens is 140 g/mol. The van der Waals surface area contributed by atoms with Gasteiger partial charge < -0.3 is 0 Å². The molecule has 0 N–H and O–H groups in total. The van der Waals surface area contributed by atoms with Gasteiger partial charge in [0, 0.05) is 0 Å². The van der Waals surface area contributed by atoms with Crippen LogP contribution in [0, 0.1) is 6.92 Å². The topological polar surface area (TPSA) is 0 Å². The van der Waals surface area contributed by atoms with E-state index < -0.39 is 0 Å². The van der Waals surface area contributed by atoms with Crippen LogP contribution in [0.1, 0.15) is 39.0 Å². The fourth-order valence-electron chi connectivity index (χ4n) is 0.760. The van der Waals surface area contributed by atoms with Crippen LogP contribution in [0.5, 0.6) is 0 Å². The standard InChI is InChI=1S/C9H19S/c1-3-5-7-9-10-8-6-4-2/h2-9H2,1H3. The van der Waals surface area contributed by atoms with Crippen molar-refractivity contribution in [3.8, 4) is 0 Å². The van der Waals surface area contributed by atoms with Gasteiger partial charge in [-0.1, -0.05) is 33.1 Å². The predicted molar refractivity (Wildman–Crippen MR) is 51.4 cm³/mol. The maximum atomic E-state index is 3.81. The lowest BCUT2D eigenvalue weighted by Crippen LogP contribution is -1.82. The molecule has 0 nitrogen and oxygen atoms in total. The van der Waals surface area contributed by atoms with Gasteiger partial charge in [-0.15, -0.1) is 0 Å². The first-order valence-corrected chi connectivity index (χ1v) is 5.44. The van der Waals surface area contributed by atoms with E-state index >= 15 is 0 Å². The van der Waals surface area contributed by atoms with E-state index in [1.54, 1.807) is 0 Å². The van der Waals surface area contributed by atoms with Crippen molar-refractivity contribution in [3.63, 3.8) is 0 Å². The van der Waals surface area contributed by atoms with Gasteiger partial charge in [0.15, 0.2) is 0 Å². The molecule has 0 aliphatic carbocycles. The van der Waals surface area contributed by atoms with Crippen molar-refractivity contribution < 1.29 is 0 Å². The summed E-state index contributed by atoms with van der Waals surface area (Å²) in [6.45, 7) is 6.06. The Bertz CT molecular complexity index is 44.7. The number of hydrogen-bond acceptors (Lipinski definition) is 1. The number of unbranched alkanes of at least 4 members (excludes halogenated alkanes) is 3. The van der Waals surface area contributed by atoms with Crippen molar-refractivity contribution in [1.82, 2.24) is 0 Å². The van der Waals surface area contributed by atoms with Gasteiger partial charge in [-0.25, -0.2) is 0 Å². The molecule has 1 heteroatoms. The monoisotopic (exact) mass is 159 g/mol. The fraction of sp³-hybridized carbons (Fsp3) is 0.889. The van der Waals surface area contributed by atoms with Crippen molar-refractivity contribution in [3.05, 3.63) is 6.92 Å². The van der Waals surface area contributed by atoms with Crippen molar-refractivity contribution in [2.75, 3.05) is 11.5 Å². The van der Waals surface area contributed by atoms with E-state index in [2.05, 4.69) is 25.6 Å². The molecule has 0 fully saturated rings. The summed E-state index contributed by atoms with van der Waals surface area (Å²) in [5.74, 6) is 2.67. The highest BCUT2D eigenvalue weighted by atomic mass is 32.2. The maximum absolute atomic E-state index is 3.81. The van der Waals surface area contributed by atoms with Crippen LogP contribution in [0.15, 0.2) is 0 Å². The van der Waals surface area contributed by atoms with Gasteiger partial charge in [0.2, 0.25) is 0 Å². The molecule has 0 saturated heterocycles. The van der Waals surface area contributed by atoms with Crippen LogP contribution < -0.4 is 0 Å². The van der Waals surface area contributed by atoms with Gasteiger partial charge in [-0.05, 0) is 24.3 Å². The molecule has 0 rings (SSSR count). The minimum Gasteiger partial charge on any atom is -0.162 e. The Labute approximate surface area is 69.8 Å². The normalized spacial score (nSPS) is 10.2. The fourth-order valence-corrected chi connectivity index (χ4v) is 1.78. The van der Waals surface area contributed by atoms with E-state index in [0.717, 1.165) is 6.42 Å². The largest absolute Gasteiger partial charge is 0.162 e. The third kappa shape index (κ3) is 8.35. The van der Waals surface area contributed by atoms with E-state index in [0.29, 0.717) is 0 Å². The van der Waals surface area contributed by atoms with Gasteiger partial charge in [0.1, 0.15) is 0 Å². The summed E-state index contributed by atoms with van der Waals surface area (Å²) in [7, 11) is 0. The lowest BCUT2D eigenvalue weighted by Gasteiger charge is -1.97. The van der Waals surface area contributed by atoms with Gasteiger partial charge in [0.05, 0.1) is 0 Å². The Kier molecular flexibility index (Phi) is 9.68. The first kappa shape index (κ1) is 10.3. The van der Waals surface area contributed by atoms with Gasteiger partial charge in [-0.3, -0.25) is 0 Å². The van der Waals surface area contributed by atoms with E-state index in [1.807, 2.05) is 0 Å². The highest BCUT2D eigenvalue weighted by Crippen LogP contribution is 2.07. The van der Waals surface area contributed by atoms with Crippen LogP contribution >= 0.6 is 11.8 Å². The van der Waals surface area contributed by atoms with Gasteiger partial charge in [0.25, 0.3) is 0 Å². The lowest BCUT2D eigenvalue weighted by molar-refractivity contribution is 0.778. The second kappa shape index (κ2) is 9.35. The molecule has 0 amide bonds. The number of thioether (sulfide) groups is 1. The molecular formula is C9H19S. The van der Waals surface area contributed by atoms with Gasteiger partial charge >= 0.3 is 0 Å². The van der Waals surface area contributed by atoms with Crippen LogP contribution in [-0.4, -0.2) is 11.5 Å². The molecule has 0 spiro atoms. The summed E-state index contributed by atoms with van der Waals surface area (Å²) in [5, 5.41) is 0. The Hall–Kier alpha value is 0.350. The maximum Gasteiger partial charge on any atom is -0.00675 e. The summed E-state index contributed by atoms with van der Waals surface area (Å²) in [6, 6.07) is 0. The molecule has 0 aliphatic rings. The first-order valence-electron chi connectivity index (χ1n) is 4.28. The third-order valence-corrected chi connectivity index (χ3v) is 2.59. The zero-order valence-electron chi connectivity index (χ0n) is 7.07. The molecule has 0 bridgehead atoms. The van der Waals surface area contributed by atoms with E-state index in [9.17, 15) is 0 Å². The minimum atomic E-state index is 1.10. The number of rotatable bonds is 7. The molecule has 0 aliphatic heterocycles. The van der Waals surface area contributed by atoms with E-state index in [1.165, 1.54) is 37.2 Å². The van der Waals surface area contributed by atoms with Crippen LogP contribution in [0.3, 0.4) is 0 Å². The Morgan fingerprint density at radius 3 is 2.40 bits per heavy atom. The quantitative estimate of drug-likeness (QED) is 0.512. The molecule has 10 heavy (non-hydrogen) atoms.